The third-order valence-corrected chi connectivity index (χ3v) is 3.36. The molecule has 0 aromatic carbocycles. The van der Waals surface area contributed by atoms with Crippen LogP contribution in [0.5, 0.6) is 0 Å². The van der Waals surface area contributed by atoms with E-state index in [1.54, 1.807) is 0 Å². The first kappa shape index (κ1) is 16.5. The summed E-state index contributed by atoms with van der Waals surface area (Å²) in [6.07, 6.45) is -0.723. The summed E-state index contributed by atoms with van der Waals surface area (Å²) >= 11 is 1.03. The minimum absolute atomic E-state index is 0.128. The van der Waals surface area contributed by atoms with Gasteiger partial charge < -0.3 is 15.2 Å². The number of aromatic nitrogens is 2. The molecular formula is C12H19N3O4S. The maximum absolute atomic E-state index is 12.1. The van der Waals surface area contributed by atoms with E-state index >= 15 is 0 Å². The zero-order chi connectivity index (χ0) is 15.3. The number of carbonyl (C=O) groups excluding carboxylic acids is 1. The largest absolute Gasteiger partial charge is 0.481 e. The minimum Gasteiger partial charge on any atom is -0.481 e. The number of carbonyl (C=O) groups is 2. The van der Waals surface area contributed by atoms with E-state index in [-0.39, 0.29) is 24.3 Å². The lowest BCUT2D eigenvalue weighted by atomic mass is 9.91. The van der Waals surface area contributed by atoms with Crippen LogP contribution in [0, 0.1) is 0 Å². The Labute approximate surface area is 121 Å². The van der Waals surface area contributed by atoms with Gasteiger partial charge in [-0.25, -0.2) is 0 Å². The van der Waals surface area contributed by atoms with Crippen LogP contribution in [0.2, 0.25) is 0 Å². The van der Waals surface area contributed by atoms with Gasteiger partial charge in [-0.3, -0.25) is 9.59 Å². The summed E-state index contributed by atoms with van der Waals surface area (Å²) < 4.78 is 8.81. The molecule has 20 heavy (non-hydrogen) atoms. The van der Waals surface area contributed by atoms with Crippen molar-refractivity contribution in [2.24, 2.45) is 0 Å². The molecule has 0 fully saturated rings. The number of methoxy groups -OCH3 is 1. The Kier molecular flexibility index (Phi) is 5.58. The molecule has 2 N–H and O–H groups in total. The second kappa shape index (κ2) is 6.76. The Morgan fingerprint density at radius 2 is 2.10 bits per heavy atom. The van der Waals surface area contributed by atoms with Gasteiger partial charge in [0, 0.05) is 19.1 Å². The number of hydrogen-bond donors (Lipinski definition) is 2. The van der Waals surface area contributed by atoms with Gasteiger partial charge in [-0.2, -0.15) is 0 Å². The number of amides is 1. The fourth-order valence-corrected chi connectivity index (χ4v) is 2.34. The molecule has 0 saturated carbocycles. The zero-order valence-corrected chi connectivity index (χ0v) is 12.8. The molecule has 7 nitrogen and oxygen atoms in total. The summed E-state index contributed by atoms with van der Waals surface area (Å²) in [7, 11) is 1.41. The minimum atomic E-state index is -0.971. The SMILES string of the molecule is COC(CNC(=O)c1snnc1C(C)(C)C)CC(=O)O. The molecule has 0 aliphatic rings. The van der Waals surface area contributed by atoms with Crippen LogP contribution >= 0.6 is 11.5 Å². The van der Waals surface area contributed by atoms with Gasteiger partial charge in [-0.15, -0.1) is 5.10 Å². The maximum Gasteiger partial charge on any atom is 0.306 e. The average molecular weight is 301 g/mol. The number of nitrogens with zero attached hydrogens (tertiary/aromatic N) is 2. The highest BCUT2D eigenvalue weighted by atomic mass is 32.1. The summed E-state index contributed by atoms with van der Waals surface area (Å²) in [6.45, 7) is 5.97. The second-order valence-corrected chi connectivity index (χ2v) is 6.12. The number of carboxylic acids is 1. The van der Waals surface area contributed by atoms with Crippen molar-refractivity contribution >= 4 is 23.4 Å². The standard InChI is InChI=1S/C12H19N3O4S/c1-12(2,3)10-9(20-15-14-10)11(18)13-6-7(19-4)5-8(16)17/h7H,5-6H2,1-4H3,(H,13,18)(H,16,17). The Morgan fingerprint density at radius 3 is 2.60 bits per heavy atom. The van der Waals surface area contributed by atoms with Gasteiger partial charge in [0.05, 0.1) is 18.2 Å². The fraction of sp³-hybridized carbons (Fsp3) is 0.667. The van der Waals surface area contributed by atoms with Crippen molar-refractivity contribution in [2.75, 3.05) is 13.7 Å². The Balaban J connectivity index is 2.68. The second-order valence-electron chi connectivity index (χ2n) is 5.37. The highest BCUT2D eigenvalue weighted by Gasteiger charge is 2.26. The Bertz CT molecular complexity index is 481. The lowest BCUT2D eigenvalue weighted by molar-refractivity contribution is -0.139. The van der Waals surface area contributed by atoms with Crippen molar-refractivity contribution in [3.63, 3.8) is 0 Å². The first-order valence-electron chi connectivity index (χ1n) is 6.11. The number of nitrogens with one attached hydrogen (secondary N) is 1. The molecule has 0 aliphatic carbocycles. The van der Waals surface area contributed by atoms with E-state index in [0.29, 0.717) is 10.6 Å². The molecule has 1 amide bonds. The van der Waals surface area contributed by atoms with E-state index < -0.39 is 12.1 Å². The molecule has 0 spiro atoms. The van der Waals surface area contributed by atoms with Crippen LogP contribution in [-0.4, -0.2) is 46.3 Å². The topological polar surface area (TPSA) is 101 Å². The predicted molar refractivity (Wildman–Crippen MR) is 74.0 cm³/mol. The van der Waals surface area contributed by atoms with Crippen molar-refractivity contribution in [1.29, 1.82) is 0 Å². The third-order valence-electron chi connectivity index (χ3n) is 2.63. The first-order valence-corrected chi connectivity index (χ1v) is 6.88. The molecule has 0 radical (unpaired) electrons. The number of rotatable bonds is 6. The van der Waals surface area contributed by atoms with E-state index in [1.165, 1.54) is 7.11 Å². The molecule has 0 aliphatic heterocycles. The van der Waals surface area contributed by atoms with Crippen LogP contribution in [0.1, 0.15) is 42.6 Å². The number of ether oxygens (including phenoxy) is 1. The molecule has 1 rings (SSSR count). The van der Waals surface area contributed by atoms with Gasteiger partial charge in [0.1, 0.15) is 4.88 Å². The Morgan fingerprint density at radius 1 is 1.45 bits per heavy atom. The summed E-state index contributed by atoms with van der Waals surface area (Å²) in [4.78, 5) is 23.2. The van der Waals surface area contributed by atoms with Crippen LogP contribution in [0.15, 0.2) is 0 Å². The van der Waals surface area contributed by atoms with E-state index in [2.05, 4.69) is 14.9 Å². The Hall–Kier alpha value is -1.54. The van der Waals surface area contributed by atoms with Gasteiger partial charge in [0.25, 0.3) is 5.91 Å². The van der Waals surface area contributed by atoms with Gasteiger partial charge in [0.15, 0.2) is 0 Å². The van der Waals surface area contributed by atoms with Crippen LogP contribution in [0.25, 0.3) is 0 Å². The summed E-state index contributed by atoms with van der Waals surface area (Å²) in [6, 6.07) is 0. The molecule has 1 heterocycles. The predicted octanol–water partition coefficient (Wildman–Crippen LogP) is 1.06. The zero-order valence-electron chi connectivity index (χ0n) is 12.0. The van der Waals surface area contributed by atoms with Gasteiger partial charge in [-0.05, 0) is 11.5 Å². The van der Waals surface area contributed by atoms with Crippen molar-refractivity contribution in [1.82, 2.24) is 14.9 Å². The van der Waals surface area contributed by atoms with E-state index in [0.717, 1.165) is 11.5 Å². The maximum atomic E-state index is 12.1. The molecule has 1 atom stereocenters. The van der Waals surface area contributed by atoms with Gasteiger partial charge >= 0.3 is 5.97 Å². The number of aliphatic carboxylic acids is 1. The van der Waals surface area contributed by atoms with Crippen molar-refractivity contribution in [2.45, 2.75) is 38.7 Å². The van der Waals surface area contributed by atoms with E-state index in [9.17, 15) is 9.59 Å². The van der Waals surface area contributed by atoms with Crippen LogP contribution in [0.4, 0.5) is 0 Å². The van der Waals surface area contributed by atoms with Crippen molar-refractivity contribution < 1.29 is 19.4 Å². The quantitative estimate of drug-likeness (QED) is 0.814. The van der Waals surface area contributed by atoms with Crippen LogP contribution in [0.3, 0.4) is 0 Å². The summed E-state index contributed by atoms with van der Waals surface area (Å²) in [5.41, 5.74) is 0.355. The smallest absolute Gasteiger partial charge is 0.306 e. The van der Waals surface area contributed by atoms with Crippen LogP contribution in [-0.2, 0) is 14.9 Å². The molecule has 8 heteroatoms. The monoisotopic (exact) mass is 301 g/mol. The van der Waals surface area contributed by atoms with Crippen molar-refractivity contribution in [3.8, 4) is 0 Å². The fourth-order valence-electron chi connectivity index (χ4n) is 1.55. The molecule has 112 valence electrons. The normalized spacial score (nSPS) is 13.0. The number of hydrogen-bond acceptors (Lipinski definition) is 6. The molecule has 0 bridgehead atoms. The van der Waals surface area contributed by atoms with E-state index in [1.807, 2.05) is 20.8 Å². The molecule has 1 unspecified atom stereocenters. The summed E-state index contributed by atoms with van der Waals surface area (Å²) in [5.74, 6) is -1.28. The highest BCUT2D eigenvalue weighted by molar-refractivity contribution is 7.08. The van der Waals surface area contributed by atoms with Gasteiger partial charge in [-0.1, -0.05) is 25.3 Å². The van der Waals surface area contributed by atoms with Gasteiger partial charge in [0.2, 0.25) is 0 Å². The molecule has 0 saturated heterocycles. The lowest BCUT2D eigenvalue weighted by Crippen LogP contribution is -2.35. The highest BCUT2D eigenvalue weighted by Crippen LogP contribution is 2.25. The first-order chi connectivity index (χ1) is 9.25. The lowest BCUT2D eigenvalue weighted by Gasteiger charge is -2.17. The van der Waals surface area contributed by atoms with E-state index in [4.69, 9.17) is 9.84 Å². The number of carboxylic acid groups (broad SMARTS) is 1. The summed E-state index contributed by atoms with van der Waals surface area (Å²) in [5, 5.41) is 15.3. The van der Waals surface area contributed by atoms with Crippen LogP contribution < -0.4 is 5.32 Å². The molecule has 1 aromatic rings. The average Bonchev–Trinajstić information content (AvgIpc) is 2.82. The van der Waals surface area contributed by atoms with Crippen molar-refractivity contribution in [3.05, 3.63) is 10.6 Å². The molecular weight excluding hydrogens is 282 g/mol. The molecule has 1 aromatic heterocycles. The third kappa shape index (κ3) is 4.53.